The van der Waals surface area contributed by atoms with Crippen LogP contribution in [0.2, 0.25) is 0 Å². The van der Waals surface area contributed by atoms with E-state index in [1.807, 2.05) is 6.92 Å². The molecule has 136 valence electrons. The average molecular weight is 363 g/mol. The molecule has 0 unspecified atom stereocenters. The Morgan fingerprint density at radius 2 is 1.96 bits per heavy atom. The molecule has 4 nitrogen and oxygen atoms in total. The van der Waals surface area contributed by atoms with Crippen LogP contribution in [0.1, 0.15) is 18.1 Å². The highest BCUT2D eigenvalue weighted by Crippen LogP contribution is 2.36. The van der Waals surface area contributed by atoms with Crippen LogP contribution in [0.25, 0.3) is 22.2 Å². The van der Waals surface area contributed by atoms with Gasteiger partial charge in [-0.2, -0.15) is 13.2 Å². The van der Waals surface area contributed by atoms with Gasteiger partial charge in [0.15, 0.2) is 0 Å². The smallest absolute Gasteiger partial charge is 0.416 e. The first-order chi connectivity index (χ1) is 12.3. The Labute approximate surface area is 147 Å². The molecule has 1 aromatic heterocycles. The van der Waals surface area contributed by atoms with Gasteiger partial charge in [-0.1, -0.05) is 12.1 Å². The van der Waals surface area contributed by atoms with Crippen LogP contribution in [0.3, 0.4) is 0 Å². The van der Waals surface area contributed by atoms with Crippen LogP contribution in [0, 0.1) is 0 Å². The second-order valence-electron chi connectivity index (χ2n) is 5.77. The van der Waals surface area contributed by atoms with Crippen molar-refractivity contribution < 1.29 is 27.8 Å². The number of carbonyl (C=O) groups is 1. The molecule has 0 aliphatic carbocycles. The van der Waals surface area contributed by atoms with Crippen LogP contribution in [0.5, 0.6) is 5.75 Å². The summed E-state index contributed by atoms with van der Waals surface area (Å²) in [7, 11) is 0. The van der Waals surface area contributed by atoms with Crippen molar-refractivity contribution in [3.05, 3.63) is 53.6 Å². The van der Waals surface area contributed by atoms with Crippen molar-refractivity contribution in [2.45, 2.75) is 19.5 Å². The zero-order valence-corrected chi connectivity index (χ0v) is 13.9. The molecule has 0 aliphatic heterocycles. The largest absolute Gasteiger partial charge is 0.494 e. The molecule has 0 aliphatic rings. The Morgan fingerprint density at radius 1 is 1.19 bits per heavy atom. The molecule has 0 fully saturated rings. The molecule has 2 N–H and O–H groups in total. The van der Waals surface area contributed by atoms with Crippen LogP contribution in [-0.4, -0.2) is 22.7 Å². The van der Waals surface area contributed by atoms with E-state index in [4.69, 9.17) is 4.74 Å². The lowest BCUT2D eigenvalue weighted by molar-refractivity contribution is -0.138. The Kier molecular flexibility index (Phi) is 4.63. The summed E-state index contributed by atoms with van der Waals surface area (Å²) < 4.78 is 44.5. The number of halogens is 3. The number of H-pyrrole nitrogens is 1. The van der Waals surface area contributed by atoms with Gasteiger partial charge in [0.25, 0.3) is 0 Å². The number of aliphatic carboxylic acids is 1. The quantitative estimate of drug-likeness (QED) is 0.679. The van der Waals surface area contributed by atoms with Gasteiger partial charge in [0, 0.05) is 10.9 Å². The number of nitrogens with one attached hydrogen (secondary N) is 1. The Balaban J connectivity index is 2.20. The van der Waals surface area contributed by atoms with E-state index in [2.05, 4.69) is 4.98 Å². The first-order valence-corrected chi connectivity index (χ1v) is 7.96. The van der Waals surface area contributed by atoms with Gasteiger partial charge in [-0.25, -0.2) is 0 Å². The van der Waals surface area contributed by atoms with Crippen molar-refractivity contribution in [3.63, 3.8) is 0 Å². The summed E-state index contributed by atoms with van der Waals surface area (Å²) >= 11 is 0. The fourth-order valence-corrected chi connectivity index (χ4v) is 2.92. The van der Waals surface area contributed by atoms with Crippen LogP contribution in [0.4, 0.5) is 13.2 Å². The number of carboxylic acid groups (broad SMARTS) is 1. The van der Waals surface area contributed by atoms with Crippen LogP contribution >= 0.6 is 0 Å². The first kappa shape index (κ1) is 17.8. The molecule has 7 heteroatoms. The standard InChI is InChI=1S/C19H16F3NO3/c1-2-26-13-6-7-16-14(9-13)15(10-17(24)25)18(23-16)11-4-3-5-12(8-11)19(20,21)22/h3-9,23H,2,10H2,1H3,(H,24,25). The third kappa shape index (κ3) is 3.51. The summed E-state index contributed by atoms with van der Waals surface area (Å²) in [6.45, 7) is 2.28. The fourth-order valence-electron chi connectivity index (χ4n) is 2.92. The zero-order chi connectivity index (χ0) is 18.9. The number of fused-ring (bicyclic) bond motifs is 1. The van der Waals surface area contributed by atoms with Gasteiger partial charge in [-0.3, -0.25) is 4.79 Å². The minimum Gasteiger partial charge on any atom is -0.494 e. The minimum absolute atomic E-state index is 0.283. The summed E-state index contributed by atoms with van der Waals surface area (Å²) in [6.07, 6.45) is -4.79. The predicted molar refractivity (Wildman–Crippen MR) is 91.2 cm³/mol. The highest BCUT2D eigenvalue weighted by atomic mass is 19.4. The summed E-state index contributed by atoms with van der Waals surface area (Å²) in [4.78, 5) is 14.4. The molecule has 0 saturated heterocycles. The maximum Gasteiger partial charge on any atom is 0.416 e. The van der Waals surface area contributed by atoms with E-state index < -0.39 is 17.7 Å². The van der Waals surface area contributed by atoms with Crippen molar-refractivity contribution in [1.29, 1.82) is 0 Å². The van der Waals surface area contributed by atoms with Crippen LogP contribution < -0.4 is 4.74 Å². The number of hydrogen-bond donors (Lipinski definition) is 2. The van der Waals surface area contributed by atoms with E-state index in [1.165, 1.54) is 12.1 Å². The van der Waals surface area contributed by atoms with Crippen molar-refractivity contribution in [3.8, 4) is 17.0 Å². The molecule has 2 aromatic carbocycles. The molecule has 0 spiro atoms. The van der Waals surface area contributed by atoms with Crippen LogP contribution in [-0.2, 0) is 17.4 Å². The van der Waals surface area contributed by atoms with E-state index in [-0.39, 0.29) is 12.0 Å². The van der Waals surface area contributed by atoms with Crippen molar-refractivity contribution in [2.24, 2.45) is 0 Å². The minimum atomic E-state index is -4.48. The summed E-state index contributed by atoms with van der Waals surface area (Å²) in [5, 5.41) is 9.86. The second-order valence-corrected chi connectivity index (χ2v) is 5.77. The summed E-state index contributed by atoms with van der Waals surface area (Å²) in [5.41, 5.74) is 0.919. The topological polar surface area (TPSA) is 62.3 Å². The number of benzene rings is 2. The van der Waals surface area contributed by atoms with Crippen LogP contribution in [0.15, 0.2) is 42.5 Å². The number of alkyl halides is 3. The lowest BCUT2D eigenvalue weighted by atomic mass is 10.0. The fraction of sp³-hybridized carbons (Fsp3) is 0.211. The molecule has 3 rings (SSSR count). The SMILES string of the molecule is CCOc1ccc2[nH]c(-c3cccc(C(F)(F)F)c3)c(CC(=O)O)c2c1. The molecule has 1 heterocycles. The van der Waals surface area contributed by atoms with Gasteiger partial charge in [-0.05, 0) is 48.4 Å². The van der Waals surface area contributed by atoms with E-state index in [1.54, 1.807) is 18.2 Å². The number of aromatic amines is 1. The van der Waals surface area contributed by atoms with Gasteiger partial charge in [-0.15, -0.1) is 0 Å². The molecular formula is C19H16F3NO3. The third-order valence-corrected chi connectivity index (χ3v) is 4.00. The van der Waals surface area contributed by atoms with Crippen molar-refractivity contribution >= 4 is 16.9 Å². The Hall–Kier alpha value is -2.96. The first-order valence-electron chi connectivity index (χ1n) is 7.96. The van der Waals surface area contributed by atoms with Crippen molar-refractivity contribution in [1.82, 2.24) is 4.98 Å². The normalized spacial score (nSPS) is 11.7. The van der Waals surface area contributed by atoms with Gasteiger partial charge in [0.1, 0.15) is 5.75 Å². The number of rotatable bonds is 5. The van der Waals surface area contributed by atoms with E-state index >= 15 is 0 Å². The van der Waals surface area contributed by atoms with E-state index in [0.29, 0.717) is 34.5 Å². The monoisotopic (exact) mass is 363 g/mol. The van der Waals surface area contributed by atoms with E-state index in [0.717, 1.165) is 12.1 Å². The molecule has 0 amide bonds. The van der Waals surface area contributed by atoms with Crippen molar-refractivity contribution in [2.75, 3.05) is 6.61 Å². The lowest BCUT2D eigenvalue weighted by Gasteiger charge is -2.09. The van der Waals surface area contributed by atoms with Gasteiger partial charge in [0.05, 0.1) is 24.3 Å². The average Bonchev–Trinajstić information content (AvgIpc) is 2.92. The molecule has 0 bridgehead atoms. The number of carboxylic acids is 1. The Morgan fingerprint density at radius 3 is 2.62 bits per heavy atom. The highest BCUT2D eigenvalue weighted by molar-refractivity contribution is 5.94. The molecular weight excluding hydrogens is 347 g/mol. The highest BCUT2D eigenvalue weighted by Gasteiger charge is 2.31. The molecule has 26 heavy (non-hydrogen) atoms. The zero-order valence-electron chi connectivity index (χ0n) is 13.9. The maximum atomic E-state index is 13.0. The molecule has 0 saturated carbocycles. The molecule has 0 radical (unpaired) electrons. The maximum absolute atomic E-state index is 13.0. The number of aromatic nitrogens is 1. The van der Waals surface area contributed by atoms with Gasteiger partial charge in [0.2, 0.25) is 0 Å². The van der Waals surface area contributed by atoms with Gasteiger partial charge < -0.3 is 14.8 Å². The molecule has 0 atom stereocenters. The molecule has 3 aromatic rings. The van der Waals surface area contributed by atoms with E-state index in [9.17, 15) is 23.1 Å². The lowest BCUT2D eigenvalue weighted by Crippen LogP contribution is -2.05. The third-order valence-electron chi connectivity index (χ3n) is 4.00. The predicted octanol–water partition coefficient (Wildman–Crippen LogP) is 4.88. The number of ether oxygens (including phenoxy) is 1. The second kappa shape index (κ2) is 6.74. The summed E-state index contributed by atoms with van der Waals surface area (Å²) in [6, 6.07) is 9.97. The van der Waals surface area contributed by atoms with Gasteiger partial charge >= 0.3 is 12.1 Å². The summed E-state index contributed by atoms with van der Waals surface area (Å²) in [5.74, 6) is -0.498. The Bertz CT molecular complexity index is 960. The number of hydrogen-bond acceptors (Lipinski definition) is 2.